The molecule has 0 aliphatic carbocycles. The van der Waals surface area contributed by atoms with Crippen LogP contribution in [0.4, 0.5) is 0 Å². The van der Waals surface area contributed by atoms with Crippen LogP contribution in [0.1, 0.15) is 15.9 Å². The maximum Gasteiger partial charge on any atom is 0.361 e. The molecule has 1 aromatic heterocycles. The summed E-state index contributed by atoms with van der Waals surface area (Å²) in [6.45, 7) is 0.420. The topological polar surface area (TPSA) is 40.4 Å². The van der Waals surface area contributed by atoms with E-state index in [4.69, 9.17) is 4.42 Å². The number of benzene rings is 3. The van der Waals surface area contributed by atoms with Gasteiger partial charge in [-0.1, -0.05) is 54.6 Å². The normalized spacial score (nSPS) is 10.4. The van der Waals surface area contributed by atoms with Gasteiger partial charge in [0.25, 0.3) is 5.91 Å². The molecule has 0 unspecified atom stereocenters. The van der Waals surface area contributed by atoms with Crippen LogP contribution in [0.3, 0.4) is 0 Å². The van der Waals surface area contributed by atoms with E-state index in [0.717, 1.165) is 28.2 Å². The first-order valence-electron chi connectivity index (χ1n) is 9.21. The highest BCUT2D eigenvalue weighted by Crippen LogP contribution is 2.28. The van der Waals surface area contributed by atoms with Gasteiger partial charge >= 0.3 is 11.5 Å². The molecule has 1 heterocycles. The number of nitrogens with one attached hydrogen (secondary N) is 1. The molecule has 3 nitrogen and oxygen atoms in total. The predicted molar refractivity (Wildman–Crippen MR) is 112 cm³/mol. The molecule has 0 aliphatic heterocycles. The second-order valence-electron chi connectivity index (χ2n) is 6.47. The molecular weight excluding hydrogens is 346 g/mol. The molecule has 0 radical (unpaired) electrons. The van der Waals surface area contributed by atoms with Crippen LogP contribution < -0.4 is 5.32 Å². The minimum Gasteiger partial charge on any atom is -0.348 e. The molecule has 0 atom stereocenters. The fourth-order valence-corrected chi connectivity index (χ4v) is 3.02. The molecule has 0 fully saturated rings. The average Bonchev–Trinajstić information content (AvgIpc) is 2.79. The summed E-state index contributed by atoms with van der Waals surface area (Å²) < 4.78 is 6.17. The zero-order valence-electron chi connectivity index (χ0n) is 15.3. The minimum absolute atomic E-state index is 0.0936. The van der Waals surface area contributed by atoms with Gasteiger partial charge < -0.3 is 5.32 Å². The van der Waals surface area contributed by atoms with Gasteiger partial charge in [0.15, 0.2) is 0 Å². The second-order valence-corrected chi connectivity index (χ2v) is 6.47. The van der Waals surface area contributed by atoms with Gasteiger partial charge in [0.05, 0.1) is 11.1 Å². The van der Waals surface area contributed by atoms with Crippen molar-refractivity contribution in [1.29, 1.82) is 0 Å². The number of carbonyl (C=O) groups is 1. The number of amides is 1. The summed E-state index contributed by atoms with van der Waals surface area (Å²) in [5, 5.41) is 2.99. The Labute approximate surface area is 164 Å². The highest BCUT2D eigenvalue weighted by atomic mass is 16.3. The molecule has 4 aromatic rings. The third-order valence-electron chi connectivity index (χ3n) is 4.46. The summed E-state index contributed by atoms with van der Waals surface area (Å²) >= 11 is 0. The van der Waals surface area contributed by atoms with Crippen molar-refractivity contribution < 1.29 is 9.21 Å². The van der Waals surface area contributed by atoms with E-state index >= 15 is 0 Å². The Morgan fingerprint density at radius 3 is 1.64 bits per heavy atom. The average molecular weight is 366 g/mol. The van der Waals surface area contributed by atoms with Crippen LogP contribution in [0, 0.1) is 0 Å². The maximum atomic E-state index is 12.4. The van der Waals surface area contributed by atoms with Crippen molar-refractivity contribution in [3.8, 4) is 22.6 Å². The van der Waals surface area contributed by atoms with Crippen molar-refractivity contribution in [2.45, 2.75) is 6.54 Å². The van der Waals surface area contributed by atoms with Crippen molar-refractivity contribution in [1.82, 2.24) is 5.32 Å². The van der Waals surface area contributed by atoms with Crippen molar-refractivity contribution in [3.63, 3.8) is 0 Å². The second kappa shape index (κ2) is 8.31. The largest absolute Gasteiger partial charge is 0.361 e. The van der Waals surface area contributed by atoms with E-state index in [1.54, 1.807) is 12.1 Å². The van der Waals surface area contributed by atoms with Gasteiger partial charge in [0.1, 0.15) is 0 Å². The fourth-order valence-electron chi connectivity index (χ4n) is 3.02. The lowest BCUT2D eigenvalue weighted by molar-refractivity contribution is 0.0951. The van der Waals surface area contributed by atoms with Gasteiger partial charge in [0.2, 0.25) is 0 Å². The van der Waals surface area contributed by atoms with E-state index in [1.165, 1.54) is 0 Å². The van der Waals surface area contributed by atoms with Crippen LogP contribution in [0.25, 0.3) is 22.6 Å². The number of carbonyl (C=O) groups excluding carboxylic acids is 1. The molecule has 0 aliphatic rings. The summed E-state index contributed by atoms with van der Waals surface area (Å²) in [6.07, 6.45) is 0. The maximum absolute atomic E-state index is 12.4. The van der Waals surface area contributed by atoms with Gasteiger partial charge in [-0.3, -0.25) is 4.79 Å². The molecule has 28 heavy (non-hydrogen) atoms. The summed E-state index contributed by atoms with van der Waals surface area (Å²) in [6, 6.07) is 33.1. The first kappa shape index (κ1) is 17.7. The van der Waals surface area contributed by atoms with Gasteiger partial charge in [-0.15, -0.1) is 0 Å². The van der Waals surface area contributed by atoms with Gasteiger partial charge in [-0.25, -0.2) is 4.42 Å². The van der Waals surface area contributed by atoms with Crippen LogP contribution in [0.5, 0.6) is 0 Å². The van der Waals surface area contributed by atoms with E-state index < -0.39 is 0 Å². The van der Waals surface area contributed by atoms with Crippen LogP contribution in [0.2, 0.25) is 0 Å². The molecule has 0 saturated carbocycles. The van der Waals surface area contributed by atoms with Crippen molar-refractivity contribution >= 4 is 5.91 Å². The minimum atomic E-state index is -0.0936. The first-order chi connectivity index (χ1) is 13.8. The Morgan fingerprint density at radius 1 is 0.679 bits per heavy atom. The lowest BCUT2D eigenvalue weighted by Crippen LogP contribution is -2.22. The van der Waals surface area contributed by atoms with Crippen LogP contribution in [-0.2, 0) is 6.54 Å². The molecule has 1 amide bonds. The fraction of sp³-hybridized carbons (Fsp3) is 0.0400. The molecule has 0 spiro atoms. The summed E-state index contributed by atoms with van der Waals surface area (Å²) in [4.78, 5) is 12.4. The van der Waals surface area contributed by atoms with E-state index in [9.17, 15) is 4.79 Å². The van der Waals surface area contributed by atoms with Crippen molar-refractivity contribution in [2.24, 2.45) is 0 Å². The van der Waals surface area contributed by atoms with Crippen LogP contribution >= 0.6 is 0 Å². The Bertz CT molecular complexity index is 1000. The van der Waals surface area contributed by atoms with Crippen molar-refractivity contribution in [3.05, 3.63) is 114 Å². The summed E-state index contributed by atoms with van der Waals surface area (Å²) in [5.41, 5.74) is 3.62. The lowest BCUT2D eigenvalue weighted by atomic mass is 10.1. The molecule has 136 valence electrons. The zero-order valence-corrected chi connectivity index (χ0v) is 15.3. The SMILES string of the molecule is O=C(NCc1cc(-c2ccccc2)[o+]c(-c2ccccc2)c1)c1ccccc1. The van der Waals surface area contributed by atoms with Crippen molar-refractivity contribution in [2.75, 3.05) is 0 Å². The summed E-state index contributed by atoms with van der Waals surface area (Å²) in [7, 11) is 0. The number of hydrogen-bond acceptors (Lipinski definition) is 1. The third kappa shape index (κ3) is 4.15. The standard InChI is InChI=1S/C25H19NO2/c27-25(22-14-8-3-9-15-22)26-18-19-16-23(20-10-4-1-5-11-20)28-24(17-19)21-12-6-2-7-13-21/h1-17H,18H2/p+1. The highest BCUT2D eigenvalue weighted by Gasteiger charge is 2.19. The number of rotatable bonds is 5. The summed E-state index contributed by atoms with van der Waals surface area (Å²) in [5.74, 6) is 1.45. The highest BCUT2D eigenvalue weighted by molar-refractivity contribution is 5.94. The molecular formula is C25H20NO2+. The van der Waals surface area contributed by atoms with E-state index in [-0.39, 0.29) is 5.91 Å². The number of hydrogen-bond donors (Lipinski definition) is 1. The Balaban J connectivity index is 1.65. The van der Waals surface area contributed by atoms with E-state index in [1.807, 2.05) is 91.0 Å². The Kier molecular flexibility index (Phi) is 5.25. The predicted octanol–water partition coefficient (Wildman–Crippen LogP) is 5.82. The zero-order chi connectivity index (χ0) is 19.2. The first-order valence-corrected chi connectivity index (χ1v) is 9.21. The molecule has 3 heteroatoms. The van der Waals surface area contributed by atoms with E-state index in [0.29, 0.717) is 12.1 Å². The third-order valence-corrected chi connectivity index (χ3v) is 4.46. The quantitative estimate of drug-likeness (QED) is 0.452. The van der Waals surface area contributed by atoms with E-state index in [2.05, 4.69) is 5.32 Å². The van der Waals surface area contributed by atoms with Gasteiger partial charge in [-0.2, -0.15) is 0 Å². The van der Waals surface area contributed by atoms with Crippen LogP contribution in [0.15, 0.2) is 108 Å². The Morgan fingerprint density at radius 2 is 1.14 bits per heavy atom. The Hall–Kier alpha value is -3.72. The van der Waals surface area contributed by atoms with Gasteiger partial charge in [0, 0.05) is 24.2 Å². The molecule has 4 rings (SSSR count). The molecule has 3 aromatic carbocycles. The smallest absolute Gasteiger partial charge is 0.348 e. The lowest BCUT2D eigenvalue weighted by Gasteiger charge is -2.05. The molecule has 0 saturated heterocycles. The van der Waals surface area contributed by atoms with Gasteiger partial charge in [-0.05, 0) is 42.0 Å². The molecule has 1 N–H and O–H groups in total. The van der Waals surface area contributed by atoms with Crippen LogP contribution in [-0.4, -0.2) is 5.91 Å². The monoisotopic (exact) mass is 366 g/mol. The molecule has 0 bridgehead atoms.